The number of benzene rings is 1. The molecule has 1 N–H and O–H groups in total. The first-order valence-corrected chi connectivity index (χ1v) is 6.95. The van der Waals surface area contributed by atoms with Gasteiger partial charge in [0.2, 0.25) is 0 Å². The third kappa shape index (κ3) is 3.73. The first-order chi connectivity index (χ1) is 9.38. The Balaban J connectivity index is 1.99. The number of likely N-dealkylation sites (tertiary alicyclic amines) is 1. The summed E-state index contributed by atoms with van der Waals surface area (Å²) in [4.78, 5) is 2.29. The molecule has 1 heterocycles. The molecule has 1 aromatic carbocycles. The van der Waals surface area contributed by atoms with Crippen LogP contribution in [-0.2, 0) is 6.18 Å². The van der Waals surface area contributed by atoms with Crippen LogP contribution in [0.25, 0.3) is 0 Å². The van der Waals surface area contributed by atoms with Crippen LogP contribution >= 0.6 is 0 Å². The number of aliphatic hydroxyl groups is 1. The molecule has 1 fully saturated rings. The highest BCUT2D eigenvalue weighted by Gasteiger charge is 2.30. The van der Waals surface area contributed by atoms with Gasteiger partial charge in [0.25, 0.3) is 0 Å². The van der Waals surface area contributed by atoms with Crippen LogP contribution in [0, 0.1) is 5.92 Å². The molecule has 112 valence electrons. The predicted octanol–water partition coefficient (Wildman–Crippen LogP) is 3.47. The molecule has 2 nitrogen and oxygen atoms in total. The standard InChI is InChI=1S/C15H20F3NO/c1-11(10-19-8-2-3-9-19)14(20)12-4-6-13(7-5-12)15(16,17)18/h4-7,11,14,20H,2-3,8-10H2,1H3/t11-,14-/m0/s1. The van der Waals surface area contributed by atoms with Crippen LogP contribution < -0.4 is 0 Å². The number of rotatable bonds is 4. The van der Waals surface area contributed by atoms with E-state index in [0.717, 1.165) is 31.8 Å². The maximum atomic E-state index is 12.5. The largest absolute Gasteiger partial charge is 0.416 e. The lowest BCUT2D eigenvalue weighted by Gasteiger charge is -2.24. The zero-order chi connectivity index (χ0) is 14.8. The SMILES string of the molecule is C[C@@H](CN1CCCC1)[C@H](O)c1ccc(C(F)(F)F)cc1. The second-order valence-corrected chi connectivity index (χ2v) is 5.55. The summed E-state index contributed by atoms with van der Waals surface area (Å²) in [5, 5.41) is 10.2. The van der Waals surface area contributed by atoms with E-state index >= 15 is 0 Å². The molecular formula is C15H20F3NO. The fourth-order valence-electron chi connectivity index (χ4n) is 2.67. The third-order valence-electron chi connectivity index (χ3n) is 3.86. The van der Waals surface area contributed by atoms with Crippen molar-refractivity contribution in [1.29, 1.82) is 0 Å². The van der Waals surface area contributed by atoms with E-state index in [1.165, 1.54) is 25.0 Å². The highest BCUT2D eigenvalue weighted by atomic mass is 19.4. The molecule has 5 heteroatoms. The van der Waals surface area contributed by atoms with Gasteiger partial charge >= 0.3 is 6.18 Å². The number of alkyl halides is 3. The maximum absolute atomic E-state index is 12.5. The molecule has 1 aliphatic rings. The van der Waals surface area contributed by atoms with Crippen LogP contribution in [0.2, 0.25) is 0 Å². The van der Waals surface area contributed by atoms with Gasteiger partial charge in [-0.1, -0.05) is 19.1 Å². The summed E-state index contributed by atoms with van der Waals surface area (Å²) in [6, 6.07) is 4.80. The molecule has 0 aliphatic carbocycles. The van der Waals surface area contributed by atoms with Gasteiger partial charge in [0.05, 0.1) is 11.7 Å². The molecule has 0 bridgehead atoms. The Morgan fingerprint density at radius 1 is 1.15 bits per heavy atom. The molecule has 1 aromatic rings. The van der Waals surface area contributed by atoms with Gasteiger partial charge in [-0.2, -0.15) is 13.2 Å². The van der Waals surface area contributed by atoms with Crippen molar-refractivity contribution in [3.05, 3.63) is 35.4 Å². The molecule has 0 amide bonds. The Hall–Kier alpha value is -1.07. The number of aliphatic hydroxyl groups excluding tert-OH is 1. The predicted molar refractivity (Wildman–Crippen MR) is 71.2 cm³/mol. The van der Waals surface area contributed by atoms with E-state index in [4.69, 9.17) is 0 Å². The molecular weight excluding hydrogens is 267 g/mol. The average molecular weight is 287 g/mol. The van der Waals surface area contributed by atoms with Crippen LogP contribution in [0.4, 0.5) is 13.2 Å². The van der Waals surface area contributed by atoms with Crippen molar-refractivity contribution in [2.75, 3.05) is 19.6 Å². The van der Waals surface area contributed by atoms with Gasteiger partial charge in [-0.25, -0.2) is 0 Å². The first kappa shape index (κ1) is 15.3. The van der Waals surface area contributed by atoms with Gasteiger partial charge < -0.3 is 10.0 Å². The van der Waals surface area contributed by atoms with E-state index in [1.807, 2.05) is 6.92 Å². The van der Waals surface area contributed by atoms with Crippen molar-refractivity contribution in [2.24, 2.45) is 5.92 Å². The minimum absolute atomic E-state index is 0.00448. The fraction of sp³-hybridized carbons (Fsp3) is 0.600. The van der Waals surface area contributed by atoms with Crippen LogP contribution in [0.15, 0.2) is 24.3 Å². The molecule has 0 aromatic heterocycles. The molecule has 0 radical (unpaired) electrons. The van der Waals surface area contributed by atoms with Gasteiger partial charge in [-0.15, -0.1) is 0 Å². The topological polar surface area (TPSA) is 23.5 Å². The molecule has 2 rings (SSSR count). The van der Waals surface area contributed by atoms with Gasteiger partial charge in [-0.05, 0) is 49.5 Å². The molecule has 2 atom stereocenters. The Bertz CT molecular complexity index is 424. The second-order valence-electron chi connectivity index (χ2n) is 5.55. The summed E-state index contributed by atoms with van der Waals surface area (Å²) in [7, 11) is 0. The maximum Gasteiger partial charge on any atom is 0.416 e. The highest BCUT2D eigenvalue weighted by molar-refractivity contribution is 5.26. The molecule has 0 unspecified atom stereocenters. The van der Waals surface area contributed by atoms with Crippen molar-refractivity contribution in [1.82, 2.24) is 4.90 Å². The first-order valence-electron chi connectivity index (χ1n) is 6.95. The van der Waals surface area contributed by atoms with Crippen molar-refractivity contribution < 1.29 is 18.3 Å². The summed E-state index contributed by atoms with van der Waals surface area (Å²) in [6.07, 6.45) is -2.69. The number of hydrogen-bond acceptors (Lipinski definition) is 2. The van der Waals surface area contributed by atoms with Crippen LogP contribution in [-0.4, -0.2) is 29.6 Å². The van der Waals surface area contributed by atoms with Crippen LogP contribution in [0.3, 0.4) is 0 Å². The summed E-state index contributed by atoms with van der Waals surface area (Å²) in [6.45, 7) is 4.80. The molecule has 0 saturated carbocycles. The van der Waals surface area contributed by atoms with Gasteiger partial charge in [-0.3, -0.25) is 0 Å². The minimum atomic E-state index is -4.33. The highest BCUT2D eigenvalue weighted by Crippen LogP contribution is 2.31. The van der Waals surface area contributed by atoms with E-state index in [-0.39, 0.29) is 5.92 Å². The van der Waals surface area contributed by atoms with Gasteiger partial charge in [0, 0.05) is 6.54 Å². The van der Waals surface area contributed by atoms with E-state index in [9.17, 15) is 18.3 Å². The lowest BCUT2D eigenvalue weighted by atomic mass is 9.96. The lowest BCUT2D eigenvalue weighted by Crippen LogP contribution is -2.28. The van der Waals surface area contributed by atoms with Crippen molar-refractivity contribution in [2.45, 2.75) is 32.0 Å². The van der Waals surface area contributed by atoms with Crippen molar-refractivity contribution in [3.63, 3.8) is 0 Å². The summed E-state index contributed by atoms with van der Waals surface area (Å²) in [5.74, 6) is 0.00448. The van der Waals surface area contributed by atoms with E-state index in [1.54, 1.807) is 0 Å². The van der Waals surface area contributed by atoms with E-state index in [2.05, 4.69) is 4.90 Å². The smallest absolute Gasteiger partial charge is 0.388 e. The molecule has 1 saturated heterocycles. The molecule has 1 aliphatic heterocycles. The molecule has 0 spiro atoms. The Kier molecular flexibility index (Phi) is 4.70. The molecule has 20 heavy (non-hydrogen) atoms. The van der Waals surface area contributed by atoms with Gasteiger partial charge in [0.15, 0.2) is 0 Å². The van der Waals surface area contributed by atoms with E-state index < -0.39 is 17.8 Å². The third-order valence-corrected chi connectivity index (χ3v) is 3.86. The zero-order valence-electron chi connectivity index (χ0n) is 11.5. The monoisotopic (exact) mass is 287 g/mol. The minimum Gasteiger partial charge on any atom is -0.388 e. The second kappa shape index (κ2) is 6.14. The normalized spacial score (nSPS) is 20.1. The Labute approximate surface area is 117 Å². The zero-order valence-corrected chi connectivity index (χ0v) is 11.5. The number of halogens is 3. The average Bonchev–Trinajstić information content (AvgIpc) is 2.90. The quantitative estimate of drug-likeness (QED) is 0.916. The van der Waals surface area contributed by atoms with Crippen molar-refractivity contribution >= 4 is 0 Å². The van der Waals surface area contributed by atoms with Gasteiger partial charge in [0.1, 0.15) is 0 Å². The Morgan fingerprint density at radius 2 is 1.70 bits per heavy atom. The fourth-order valence-corrected chi connectivity index (χ4v) is 2.67. The Morgan fingerprint density at radius 3 is 2.20 bits per heavy atom. The summed E-state index contributed by atoms with van der Waals surface area (Å²) >= 11 is 0. The number of hydrogen-bond donors (Lipinski definition) is 1. The lowest BCUT2D eigenvalue weighted by molar-refractivity contribution is -0.137. The number of nitrogens with zero attached hydrogens (tertiary/aromatic N) is 1. The summed E-state index contributed by atoms with van der Waals surface area (Å²) in [5.41, 5.74) is -0.134. The van der Waals surface area contributed by atoms with Crippen LogP contribution in [0.1, 0.15) is 37.0 Å². The summed E-state index contributed by atoms with van der Waals surface area (Å²) < 4.78 is 37.4. The van der Waals surface area contributed by atoms with Crippen LogP contribution in [0.5, 0.6) is 0 Å². The van der Waals surface area contributed by atoms with E-state index in [0.29, 0.717) is 5.56 Å². The van der Waals surface area contributed by atoms with Crippen molar-refractivity contribution in [3.8, 4) is 0 Å².